The topological polar surface area (TPSA) is 109 Å². The lowest BCUT2D eigenvalue weighted by molar-refractivity contribution is -0.138. The van der Waals surface area contributed by atoms with Crippen LogP contribution >= 0.6 is 0 Å². The van der Waals surface area contributed by atoms with Crippen molar-refractivity contribution in [2.45, 2.75) is 19.0 Å². The van der Waals surface area contributed by atoms with Gasteiger partial charge >= 0.3 is 5.97 Å². The maximum atomic E-state index is 11.5. The van der Waals surface area contributed by atoms with E-state index in [0.717, 1.165) is 0 Å². The van der Waals surface area contributed by atoms with E-state index >= 15 is 0 Å². The van der Waals surface area contributed by atoms with Crippen molar-refractivity contribution in [1.82, 2.24) is 25.6 Å². The van der Waals surface area contributed by atoms with E-state index < -0.39 is 12.0 Å². The molecule has 0 aliphatic heterocycles. The van der Waals surface area contributed by atoms with Crippen LogP contribution < -0.4 is 10.6 Å². The molecule has 1 aromatic heterocycles. The highest BCUT2D eigenvalue weighted by atomic mass is 16.4. The number of rotatable bonds is 7. The molecule has 0 aliphatic rings. The fourth-order valence-corrected chi connectivity index (χ4v) is 1.40. The summed E-state index contributed by atoms with van der Waals surface area (Å²) in [5.41, 5.74) is 0.527. The largest absolute Gasteiger partial charge is 0.480 e. The second kappa shape index (κ2) is 6.38. The minimum Gasteiger partial charge on any atom is -0.480 e. The molecule has 1 aromatic rings. The van der Waals surface area contributed by atoms with Gasteiger partial charge in [-0.05, 0) is 6.20 Å². The highest BCUT2D eigenvalue weighted by Crippen LogP contribution is 2.00. The van der Waals surface area contributed by atoms with Gasteiger partial charge in [0, 0.05) is 19.7 Å². The maximum absolute atomic E-state index is 11.5. The van der Waals surface area contributed by atoms with Gasteiger partial charge in [0.1, 0.15) is 12.6 Å². The fraction of sp³-hybridized carbons (Fsp3) is 0.400. The Labute approximate surface area is 104 Å². The van der Waals surface area contributed by atoms with Crippen LogP contribution in [0.25, 0.3) is 0 Å². The smallest absolute Gasteiger partial charge is 0.325 e. The Morgan fingerprint density at radius 3 is 2.94 bits per heavy atom. The van der Waals surface area contributed by atoms with Gasteiger partial charge in [-0.25, -0.2) is 4.68 Å². The van der Waals surface area contributed by atoms with E-state index in [1.165, 1.54) is 24.1 Å². The molecule has 18 heavy (non-hydrogen) atoms. The quantitative estimate of drug-likeness (QED) is 0.560. The molecule has 1 unspecified atom stereocenters. The number of hydrogen-bond donors (Lipinski definition) is 3. The van der Waals surface area contributed by atoms with Gasteiger partial charge in [0.25, 0.3) is 0 Å². The molecule has 1 amide bonds. The molecule has 0 saturated carbocycles. The van der Waals surface area contributed by atoms with Gasteiger partial charge in [0.15, 0.2) is 0 Å². The van der Waals surface area contributed by atoms with Crippen LogP contribution in [0.2, 0.25) is 0 Å². The van der Waals surface area contributed by atoms with Gasteiger partial charge in [-0.15, -0.1) is 5.10 Å². The number of carboxylic acids is 1. The third-order valence-electron chi connectivity index (χ3n) is 2.18. The molecular formula is C10H15N5O3. The van der Waals surface area contributed by atoms with Crippen LogP contribution in [0, 0.1) is 0 Å². The second-order valence-electron chi connectivity index (χ2n) is 3.54. The molecule has 8 heteroatoms. The van der Waals surface area contributed by atoms with Crippen LogP contribution in [0.1, 0.15) is 5.69 Å². The normalized spacial score (nSPS) is 11.6. The number of aliphatic carboxylic acids is 1. The summed E-state index contributed by atoms with van der Waals surface area (Å²) in [4.78, 5) is 22.0. The van der Waals surface area contributed by atoms with Crippen molar-refractivity contribution < 1.29 is 14.7 Å². The number of carbonyl (C=O) groups excluding carboxylic acids is 1. The Bertz CT molecular complexity index is 442. The SMILES string of the molecule is C=CNC(Cc1cn(CC(=O)O)nn1)C(=O)NC. The lowest BCUT2D eigenvalue weighted by Gasteiger charge is -2.13. The van der Waals surface area contributed by atoms with Crippen molar-refractivity contribution in [1.29, 1.82) is 0 Å². The Hall–Kier alpha value is -2.38. The van der Waals surface area contributed by atoms with Crippen molar-refractivity contribution in [2.75, 3.05) is 7.05 Å². The third kappa shape index (κ3) is 3.89. The number of carboxylic acid groups (broad SMARTS) is 1. The Morgan fingerprint density at radius 1 is 1.67 bits per heavy atom. The average molecular weight is 253 g/mol. The first-order valence-corrected chi connectivity index (χ1v) is 5.26. The summed E-state index contributed by atoms with van der Waals surface area (Å²) in [5, 5.41) is 21.3. The van der Waals surface area contributed by atoms with E-state index in [-0.39, 0.29) is 12.5 Å². The standard InChI is InChI=1S/C10H15N5O3/c1-3-12-8(10(18)11-2)4-7-5-15(14-13-7)6-9(16)17/h3,5,8,12H,1,4,6H2,2H3,(H,11,18)(H,16,17). The summed E-state index contributed by atoms with van der Waals surface area (Å²) in [7, 11) is 1.53. The summed E-state index contributed by atoms with van der Waals surface area (Å²) in [6, 6.07) is -0.512. The summed E-state index contributed by atoms with van der Waals surface area (Å²) >= 11 is 0. The van der Waals surface area contributed by atoms with E-state index in [2.05, 4.69) is 27.5 Å². The molecule has 0 saturated heterocycles. The van der Waals surface area contributed by atoms with Crippen molar-refractivity contribution in [3.8, 4) is 0 Å². The minimum atomic E-state index is -1.00. The van der Waals surface area contributed by atoms with Crippen LogP contribution in [-0.2, 0) is 22.6 Å². The number of amides is 1. The number of nitrogens with one attached hydrogen (secondary N) is 2. The van der Waals surface area contributed by atoms with Crippen molar-refractivity contribution in [3.05, 3.63) is 24.7 Å². The van der Waals surface area contributed by atoms with Crippen LogP contribution in [-0.4, -0.2) is 45.1 Å². The van der Waals surface area contributed by atoms with Crippen molar-refractivity contribution >= 4 is 11.9 Å². The summed E-state index contributed by atoms with van der Waals surface area (Å²) in [6.07, 6.45) is 3.21. The molecule has 98 valence electrons. The first-order valence-electron chi connectivity index (χ1n) is 5.26. The third-order valence-corrected chi connectivity index (χ3v) is 2.18. The zero-order chi connectivity index (χ0) is 13.5. The first-order chi connectivity index (χ1) is 8.56. The van der Waals surface area contributed by atoms with Gasteiger partial charge in [0.05, 0.1) is 5.69 Å². The van der Waals surface area contributed by atoms with Gasteiger partial charge in [0.2, 0.25) is 5.91 Å². The molecule has 8 nitrogen and oxygen atoms in total. The molecular weight excluding hydrogens is 238 g/mol. The van der Waals surface area contributed by atoms with Crippen molar-refractivity contribution in [2.24, 2.45) is 0 Å². The van der Waals surface area contributed by atoms with E-state index in [0.29, 0.717) is 12.1 Å². The number of aromatic nitrogens is 3. The molecule has 0 aliphatic carbocycles. The van der Waals surface area contributed by atoms with Gasteiger partial charge in [-0.2, -0.15) is 0 Å². The molecule has 1 heterocycles. The molecule has 1 atom stereocenters. The van der Waals surface area contributed by atoms with E-state index in [1.807, 2.05) is 0 Å². The summed E-state index contributed by atoms with van der Waals surface area (Å²) in [5.74, 6) is -1.21. The molecule has 0 fully saturated rings. The lowest BCUT2D eigenvalue weighted by Crippen LogP contribution is -2.42. The highest BCUT2D eigenvalue weighted by molar-refractivity contribution is 5.81. The Balaban J connectivity index is 2.68. The predicted molar refractivity (Wildman–Crippen MR) is 62.5 cm³/mol. The van der Waals surface area contributed by atoms with Gasteiger partial charge < -0.3 is 15.7 Å². The van der Waals surface area contributed by atoms with E-state index in [1.54, 1.807) is 0 Å². The Morgan fingerprint density at radius 2 is 2.39 bits per heavy atom. The summed E-state index contributed by atoms with van der Waals surface area (Å²) in [6.45, 7) is 3.24. The summed E-state index contributed by atoms with van der Waals surface area (Å²) < 4.78 is 1.20. The average Bonchev–Trinajstić information content (AvgIpc) is 2.74. The van der Waals surface area contributed by atoms with Crippen LogP contribution in [0.15, 0.2) is 19.0 Å². The van der Waals surface area contributed by atoms with Crippen LogP contribution in [0.5, 0.6) is 0 Å². The molecule has 0 aromatic carbocycles. The number of nitrogens with zero attached hydrogens (tertiary/aromatic N) is 3. The zero-order valence-corrected chi connectivity index (χ0v) is 9.96. The maximum Gasteiger partial charge on any atom is 0.325 e. The molecule has 0 bridgehead atoms. The lowest BCUT2D eigenvalue weighted by atomic mass is 10.1. The molecule has 0 radical (unpaired) electrons. The molecule has 3 N–H and O–H groups in total. The minimum absolute atomic E-state index is 0.206. The Kier molecular flexibility index (Phi) is 4.85. The molecule has 0 spiro atoms. The van der Waals surface area contributed by atoms with Crippen LogP contribution in [0.3, 0.4) is 0 Å². The monoisotopic (exact) mass is 253 g/mol. The van der Waals surface area contributed by atoms with Gasteiger partial charge in [-0.1, -0.05) is 11.8 Å². The fourth-order valence-electron chi connectivity index (χ4n) is 1.40. The van der Waals surface area contributed by atoms with Crippen molar-refractivity contribution in [3.63, 3.8) is 0 Å². The zero-order valence-electron chi connectivity index (χ0n) is 9.96. The van der Waals surface area contributed by atoms with E-state index in [9.17, 15) is 9.59 Å². The number of hydrogen-bond acceptors (Lipinski definition) is 5. The van der Waals surface area contributed by atoms with Gasteiger partial charge in [-0.3, -0.25) is 9.59 Å². The second-order valence-corrected chi connectivity index (χ2v) is 3.54. The van der Waals surface area contributed by atoms with E-state index in [4.69, 9.17) is 5.11 Å². The molecule has 1 rings (SSSR count). The number of likely N-dealkylation sites (N-methyl/N-ethyl adjacent to an activating group) is 1. The predicted octanol–water partition coefficient (Wildman–Crippen LogP) is -1.25. The number of carbonyl (C=O) groups is 2. The highest BCUT2D eigenvalue weighted by Gasteiger charge is 2.17. The van der Waals surface area contributed by atoms with Crippen LogP contribution in [0.4, 0.5) is 0 Å². The first kappa shape index (κ1) is 13.7.